The number of halogens is 1. The molecule has 1 fully saturated rings. The highest BCUT2D eigenvalue weighted by molar-refractivity contribution is 5.95. The van der Waals surface area contributed by atoms with E-state index in [4.69, 9.17) is 0 Å². The Morgan fingerprint density at radius 3 is 2.63 bits per heavy atom. The quantitative estimate of drug-likeness (QED) is 0.882. The van der Waals surface area contributed by atoms with Crippen LogP contribution in [0.3, 0.4) is 0 Å². The first-order chi connectivity index (χ1) is 9.00. The minimum absolute atomic E-state index is 0.0932. The minimum Gasteiger partial charge on any atom is -0.351 e. The summed E-state index contributed by atoms with van der Waals surface area (Å²) in [5, 5.41) is 3.01. The van der Waals surface area contributed by atoms with Crippen LogP contribution in [0.2, 0.25) is 0 Å². The highest BCUT2D eigenvalue weighted by atomic mass is 19.1. The van der Waals surface area contributed by atoms with Crippen molar-refractivity contribution in [3.8, 4) is 0 Å². The largest absolute Gasteiger partial charge is 0.351 e. The maximum absolute atomic E-state index is 13.0. The van der Waals surface area contributed by atoms with E-state index in [2.05, 4.69) is 12.2 Å². The van der Waals surface area contributed by atoms with E-state index in [1.807, 2.05) is 0 Å². The van der Waals surface area contributed by atoms with Crippen LogP contribution in [0, 0.1) is 18.2 Å². The van der Waals surface area contributed by atoms with Gasteiger partial charge in [-0.3, -0.25) is 4.79 Å². The van der Waals surface area contributed by atoms with Gasteiger partial charge in [-0.05, 0) is 48.9 Å². The first kappa shape index (κ1) is 14.0. The molecule has 0 atom stereocenters. The summed E-state index contributed by atoms with van der Waals surface area (Å²) in [7, 11) is 0. The van der Waals surface area contributed by atoms with E-state index in [1.54, 1.807) is 13.0 Å². The molecule has 3 heteroatoms. The highest BCUT2D eigenvalue weighted by Crippen LogP contribution is 2.34. The van der Waals surface area contributed by atoms with Crippen LogP contribution in [0.1, 0.15) is 54.9 Å². The van der Waals surface area contributed by atoms with Crippen LogP contribution in [-0.2, 0) is 0 Å². The molecule has 0 bridgehead atoms. The van der Waals surface area contributed by atoms with Gasteiger partial charge in [-0.1, -0.05) is 26.2 Å². The van der Waals surface area contributed by atoms with E-state index in [0.29, 0.717) is 17.7 Å². The molecule has 0 aliphatic heterocycles. The van der Waals surface area contributed by atoms with E-state index in [0.717, 1.165) is 0 Å². The maximum Gasteiger partial charge on any atom is 0.251 e. The van der Waals surface area contributed by atoms with Gasteiger partial charge < -0.3 is 5.32 Å². The summed E-state index contributed by atoms with van der Waals surface area (Å²) < 4.78 is 13.0. The van der Waals surface area contributed by atoms with Gasteiger partial charge in [0.05, 0.1) is 0 Å². The van der Waals surface area contributed by atoms with Crippen LogP contribution in [0.5, 0.6) is 0 Å². The predicted octanol–water partition coefficient (Wildman–Crippen LogP) is 3.83. The molecule has 0 saturated heterocycles. The Balaban J connectivity index is 1.97. The average Bonchev–Trinajstić information content (AvgIpc) is 2.37. The number of aryl methyl sites for hydroxylation is 1. The molecule has 0 unspecified atom stereocenters. The molecule has 1 aromatic rings. The van der Waals surface area contributed by atoms with Crippen LogP contribution in [-0.4, -0.2) is 12.5 Å². The lowest BCUT2D eigenvalue weighted by atomic mass is 9.76. The maximum atomic E-state index is 13.0. The molecule has 2 rings (SSSR count). The number of hydrogen-bond acceptors (Lipinski definition) is 1. The molecular formula is C16H22FNO. The molecule has 1 aromatic carbocycles. The van der Waals surface area contributed by atoms with Crippen molar-refractivity contribution in [1.82, 2.24) is 5.32 Å². The Bertz CT molecular complexity index is 464. The lowest BCUT2D eigenvalue weighted by Crippen LogP contribution is -2.37. The third kappa shape index (κ3) is 3.55. The molecule has 1 aliphatic rings. The smallest absolute Gasteiger partial charge is 0.251 e. The van der Waals surface area contributed by atoms with Crippen LogP contribution in [0.25, 0.3) is 0 Å². The molecule has 0 heterocycles. The Morgan fingerprint density at radius 2 is 2.00 bits per heavy atom. The fraction of sp³-hybridized carbons (Fsp3) is 0.562. The van der Waals surface area contributed by atoms with Crippen molar-refractivity contribution in [3.05, 3.63) is 35.1 Å². The minimum atomic E-state index is -0.298. The van der Waals surface area contributed by atoms with Crippen molar-refractivity contribution in [2.45, 2.75) is 46.0 Å². The second-order valence-electron chi connectivity index (χ2n) is 6.01. The van der Waals surface area contributed by atoms with Crippen molar-refractivity contribution in [2.75, 3.05) is 6.54 Å². The summed E-state index contributed by atoms with van der Waals surface area (Å²) in [6.45, 7) is 4.72. The van der Waals surface area contributed by atoms with Gasteiger partial charge in [-0.2, -0.15) is 0 Å². The van der Waals surface area contributed by atoms with Gasteiger partial charge in [0.15, 0.2) is 0 Å². The number of hydrogen-bond donors (Lipinski definition) is 1. The molecular weight excluding hydrogens is 241 g/mol. The summed E-state index contributed by atoms with van der Waals surface area (Å²) in [6, 6.07) is 4.30. The molecule has 2 nitrogen and oxygen atoms in total. The Kier molecular flexibility index (Phi) is 4.23. The Hall–Kier alpha value is -1.38. The molecule has 1 amide bonds. The van der Waals surface area contributed by atoms with Crippen LogP contribution < -0.4 is 5.32 Å². The summed E-state index contributed by atoms with van der Waals surface area (Å²) in [4.78, 5) is 12.1. The standard InChI is InChI=1S/C16H22FNO/c1-12-10-13(17)6-7-14(12)15(19)18-11-16(2)8-4-3-5-9-16/h6-7,10H,3-5,8-9,11H2,1-2H3,(H,18,19). The van der Waals surface area contributed by atoms with E-state index < -0.39 is 0 Å². The monoisotopic (exact) mass is 263 g/mol. The van der Waals surface area contributed by atoms with E-state index in [-0.39, 0.29) is 17.1 Å². The summed E-state index contributed by atoms with van der Waals surface area (Å²) >= 11 is 0. The predicted molar refractivity (Wildman–Crippen MR) is 74.7 cm³/mol. The van der Waals surface area contributed by atoms with Crippen LogP contribution >= 0.6 is 0 Å². The highest BCUT2D eigenvalue weighted by Gasteiger charge is 2.27. The van der Waals surface area contributed by atoms with Crippen molar-refractivity contribution >= 4 is 5.91 Å². The molecule has 1 N–H and O–H groups in total. The summed E-state index contributed by atoms with van der Waals surface area (Å²) in [5.74, 6) is -0.391. The molecule has 1 saturated carbocycles. The normalized spacial score (nSPS) is 18.1. The zero-order chi connectivity index (χ0) is 13.9. The zero-order valence-electron chi connectivity index (χ0n) is 11.8. The summed E-state index contributed by atoms with van der Waals surface area (Å²) in [5.41, 5.74) is 1.48. The molecule has 104 valence electrons. The molecule has 0 aromatic heterocycles. The van der Waals surface area contributed by atoms with Crippen LogP contribution in [0.15, 0.2) is 18.2 Å². The lowest BCUT2D eigenvalue weighted by molar-refractivity contribution is 0.0918. The van der Waals surface area contributed by atoms with Gasteiger partial charge in [0.1, 0.15) is 5.82 Å². The zero-order valence-corrected chi connectivity index (χ0v) is 11.8. The Labute approximate surface area is 114 Å². The lowest BCUT2D eigenvalue weighted by Gasteiger charge is -2.33. The number of carbonyl (C=O) groups excluding carboxylic acids is 1. The van der Waals surface area contributed by atoms with Gasteiger partial charge in [-0.25, -0.2) is 4.39 Å². The molecule has 0 spiro atoms. The second-order valence-corrected chi connectivity index (χ2v) is 6.01. The molecule has 1 aliphatic carbocycles. The van der Waals surface area contributed by atoms with Gasteiger partial charge in [-0.15, -0.1) is 0 Å². The number of amides is 1. The number of nitrogens with one attached hydrogen (secondary N) is 1. The third-order valence-electron chi connectivity index (χ3n) is 4.17. The van der Waals surface area contributed by atoms with Crippen molar-refractivity contribution in [3.63, 3.8) is 0 Å². The van der Waals surface area contributed by atoms with E-state index in [1.165, 1.54) is 44.2 Å². The fourth-order valence-corrected chi connectivity index (χ4v) is 2.85. The van der Waals surface area contributed by atoms with Crippen LogP contribution in [0.4, 0.5) is 4.39 Å². The number of carbonyl (C=O) groups is 1. The summed E-state index contributed by atoms with van der Waals surface area (Å²) in [6.07, 6.45) is 6.16. The third-order valence-corrected chi connectivity index (χ3v) is 4.17. The number of benzene rings is 1. The topological polar surface area (TPSA) is 29.1 Å². The van der Waals surface area contributed by atoms with Crippen molar-refractivity contribution in [1.29, 1.82) is 0 Å². The first-order valence-electron chi connectivity index (χ1n) is 7.05. The second kappa shape index (κ2) is 5.72. The Morgan fingerprint density at radius 1 is 1.32 bits per heavy atom. The van der Waals surface area contributed by atoms with Gasteiger partial charge in [0, 0.05) is 12.1 Å². The average molecular weight is 263 g/mol. The van der Waals surface area contributed by atoms with Gasteiger partial charge >= 0.3 is 0 Å². The fourth-order valence-electron chi connectivity index (χ4n) is 2.85. The molecule has 19 heavy (non-hydrogen) atoms. The van der Waals surface area contributed by atoms with E-state index in [9.17, 15) is 9.18 Å². The van der Waals surface area contributed by atoms with E-state index >= 15 is 0 Å². The SMILES string of the molecule is Cc1cc(F)ccc1C(=O)NCC1(C)CCCCC1. The van der Waals surface area contributed by atoms with Gasteiger partial charge in [0.2, 0.25) is 0 Å². The van der Waals surface area contributed by atoms with Gasteiger partial charge in [0.25, 0.3) is 5.91 Å². The van der Waals surface area contributed by atoms with Crippen molar-refractivity contribution < 1.29 is 9.18 Å². The van der Waals surface area contributed by atoms with Crippen molar-refractivity contribution in [2.24, 2.45) is 5.41 Å². The molecule has 0 radical (unpaired) electrons. The first-order valence-corrected chi connectivity index (χ1v) is 7.05. The number of rotatable bonds is 3.